The fraction of sp³-hybridized carbons (Fsp3) is 0.444. The molecule has 0 saturated heterocycles. The van der Waals surface area contributed by atoms with Crippen molar-refractivity contribution in [2.24, 2.45) is 5.92 Å². The topological polar surface area (TPSA) is 46.9 Å². The van der Waals surface area contributed by atoms with Gasteiger partial charge in [0.2, 0.25) is 0 Å². The van der Waals surface area contributed by atoms with E-state index in [1.54, 1.807) is 30.6 Å². The van der Waals surface area contributed by atoms with Crippen LogP contribution in [0.2, 0.25) is 0 Å². The zero-order valence-corrected chi connectivity index (χ0v) is 15.1. The normalized spacial score (nSPS) is 20.8. The summed E-state index contributed by atoms with van der Waals surface area (Å²) in [6, 6.07) is 5.96. The summed E-state index contributed by atoms with van der Waals surface area (Å²) in [4.78, 5) is 16.8. The Morgan fingerprint density at radius 3 is 2.81 bits per heavy atom. The fourth-order valence-electron chi connectivity index (χ4n) is 3.38. The molecule has 0 aliphatic heterocycles. The van der Waals surface area contributed by atoms with E-state index in [9.17, 15) is 18.0 Å². The number of aromatic nitrogens is 2. The Morgan fingerprint density at radius 1 is 1.31 bits per heavy atom. The van der Waals surface area contributed by atoms with Crippen molar-refractivity contribution in [3.63, 3.8) is 0 Å². The lowest BCUT2D eigenvalue weighted by atomic mass is 9.84. The highest BCUT2D eigenvalue weighted by Crippen LogP contribution is 2.37. The second kappa shape index (κ2) is 7.73. The van der Waals surface area contributed by atoms with E-state index in [0.29, 0.717) is 24.8 Å². The third-order valence-corrected chi connectivity index (χ3v) is 5.35. The molecule has 0 bridgehead atoms. The van der Waals surface area contributed by atoms with Crippen molar-refractivity contribution >= 4 is 17.7 Å². The van der Waals surface area contributed by atoms with Gasteiger partial charge < -0.3 is 5.32 Å². The van der Waals surface area contributed by atoms with Crippen LogP contribution >= 0.6 is 11.8 Å². The van der Waals surface area contributed by atoms with Gasteiger partial charge in [-0.25, -0.2) is 4.98 Å². The molecular formula is C18H20F3N3OS. The summed E-state index contributed by atoms with van der Waals surface area (Å²) in [5.41, 5.74) is 1.09. The van der Waals surface area contributed by atoms with Crippen LogP contribution in [-0.4, -0.2) is 33.9 Å². The number of halogens is 3. The summed E-state index contributed by atoms with van der Waals surface area (Å²) in [5.74, 6) is -1.95. The quantitative estimate of drug-likeness (QED) is 0.794. The van der Waals surface area contributed by atoms with Gasteiger partial charge in [0.15, 0.2) is 5.16 Å². The summed E-state index contributed by atoms with van der Waals surface area (Å²) in [5, 5.41) is 3.37. The first-order valence-electron chi connectivity index (χ1n) is 8.45. The lowest BCUT2D eigenvalue weighted by Crippen LogP contribution is -2.47. The third kappa shape index (κ3) is 4.06. The molecule has 1 amide bonds. The summed E-state index contributed by atoms with van der Waals surface area (Å²) in [6.07, 6.45) is 2.72. The van der Waals surface area contributed by atoms with Gasteiger partial charge in [-0.3, -0.25) is 9.36 Å². The van der Waals surface area contributed by atoms with E-state index in [0.717, 1.165) is 10.8 Å². The number of hydrogen-bond acceptors (Lipinski definition) is 3. The standard InChI is InChI=1S/C18H20F3N3OS/c1-26-17-22-9-10-24(17)13-6-4-5-12(11-13)16(25)23-15-8-3-2-7-14(15)18(19,20)21/h4-6,9-11,14-15H,2-3,7-8H2,1H3,(H,23,25)/t14-,15+/m0/s1. The molecule has 1 N–H and O–H groups in total. The minimum atomic E-state index is -4.29. The van der Waals surface area contributed by atoms with Crippen molar-refractivity contribution < 1.29 is 18.0 Å². The molecule has 2 aromatic rings. The van der Waals surface area contributed by atoms with Crippen LogP contribution < -0.4 is 5.32 Å². The lowest BCUT2D eigenvalue weighted by Gasteiger charge is -2.33. The van der Waals surface area contributed by atoms with Crippen molar-refractivity contribution in [2.75, 3.05) is 6.26 Å². The molecule has 1 aromatic carbocycles. The number of carbonyl (C=O) groups is 1. The lowest BCUT2D eigenvalue weighted by molar-refractivity contribution is -0.187. The van der Waals surface area contributed by atoms with Gasteiger partial charge in [0.05, 0.1) is 5.92 Å². The fourth-order valence-corrected chi connectivity index (χ4v) is 3.91. The van der Waals surface area contributed by atoms with Crippen LogP contribution in [0.1, 0.15) is 36.0 Å². The molecule has 1 aromatic heterocycles. The van der Waals surface area contributed by atoms with Gasteiger partial charge in [0.1, 0.15) is 0 Å². The maximum Gasteiger partial charge on any atom is 0.393 e. The molecule has 3 rings (SSSR count). The smallest absolute Gasteiger partial charge is 0.349 e. The molecular weight excluding hydrogens is 363 g/mol. The minimum Gasteiger partial charge on any atom is -0.349 e. The van der Waals surface area contributed by atoms with Crippen LogP contribution in [0.15, 0.2) is 41.8 Å². The van der Waals surface area contributed by atoms with Crippen LogP contribution in [0.5, 0.6) is 0 Å². The number of benzene rings is 1. The Kier molecular flexibility index (Phi) is 5.60. The van der Waals surface area contributed by atoms with Crippen molar-refractivity contribution in [3.05, 3.63) is 42.2 Å². The van der Waals surface area contributed by atoms with Crippen molar-refractivity contribution in [3.8, 4) is 5.69 Å². The average molecular weight is 383 g/mol. The molecule has 1 fully saturated rings. The van der Waals surface area contributed by atoms with Crippen LogP contribution in [-0.2, 0) is 0 Å². The number of amides is 1. The van der Waals surface area contributed by atoms with E-state index in [1.807, 2.05) is 16.9 Å². The molecule has 2 atom stereocenters. The van der Waals surface area contributed by atoms with E-state index in [-0.39, 0.29) is 6.42 Å². The van der Waals surface area contributed by atoms with E-state index < -0.39 is 24.0 Å². The van der Waals surface area contributed by atoms with Crippen LogP contribution in [0.3, 0.4) is 0 Å². The monoisotopic (exact) mass is 383 g/mol. The highest BCUT2D eigenvalue weighted by Gasteiger charge is 2.46. The van der Waals surface area contributed by atoms with E-state index in [1.165, 1.54) is 11.8 Å². The molecule has 1 aliphatic rings. The molecule has 0 radical (unpaired) electrons. The van der Waals surface area contributed by atoms with Gasteiger partial charge in [0.25, 0.3) is 5.91 Å². The van der Waals surface area contributed by atoms with Crippen LogP contribution in [0.25, 0.3) is 5.69 Å². The molecule has 0 spiro atoms. The molecule has 4 nitrogen and oxygen atoms in total. The molecule has 0 unspecified atom stereocenters. The van der Waals surface area contributed by atoms with E-state index in [4.69, 9.17) is 0 Å². The van der Waals surface area contributed by atoms with Gasteiger partial charge in [-0.15, -0.1) is 0 Å². The number of alkyl halides is 3. The Bertz CT molecular complexity index is 775. The second-order valence-corrected chi connectivity index (χ2v) is 7.12. The minimum absolute atomic E-state index is 0.0700. The molecule has 8 heteroatoms. The number of imidazole rings is 1. The maximum atomic E-state index is 13.2. The molecule has 140 valence electrons. The van der Waals surface area contributed by atoms with Gasteiger partial charge in [-0.1, -0.05) is 30.7 Å². The molecule has 1 saturated carbocycles. The SMILES string of the molecule is CSc1nccn1-c1cccc(C(=O)N[C@@H]2CCCC[C@@H]2C(F)(F)F)c1. The number of hydrogen-bond donors (Lipinski definition) is 1. The zero-order chi connectivity index (χ0) is 18.7. The van der Waals surface area contributed by atoms with Gasteiger partial charge in [-0.05, 0) is 37.3 Å². The average Bonchev–Trinajstić information content (AvgIpc) is 3.10. The molecule has 1 heterocycles. The Morgan fingerprint density at radius 2 is 2.08 bits per heavy atom. The zero-order valence-electron chi connectivity index (χ0n) is 14.3. The molecule has 1 aliphatic carbocycles. The summed E-state index contributed by atoms with van der Waals surface area (Å²) in [7, 11) is 0. The second-order valence-electron chi connectivity index (χ2n) is 6.35. The van der Waals surface area contributed by atoms with Crippen molar-refractivity contribution in [1.29, 1.82) is 0 Å². The number of thioether (sulfide) groups is 1. The summed E-state index contributed by atoms with van der Waals surface area (Å²) in [6.45, 7) is 0. The predicted octanol–water partition coefficient (Wildman–Crippen LogP) is 4.45. The van der Waals surface area contributed by atoms with Gasteiger partial charge in [-0.2, -0.15) is 13.2 Å². The first-order chi connectivity index (χ1) is 12.4. The largest absolute Gasteiger partial charge is 0.393 e. The van der Waals surface area contributed by atoms with E-state index >= 15 is 0 Å². The highest BCUT2D eigenvalue weighted by molar-refractivity contribution is 7.98. The first-order valence-corrected chi connectivity index (χ1v) is 9.68. The predicted molar refractivity (Wildman–Crippen MR) is 94.6 cm³/mol. The van der Waals surface area contributed by atoms with E-state index in [2.05, 4.69) is 10.3 Å². The summed E-state index contributed by atoms with van der Waals surface area (Å²) < 4.78 is 41.5. The Balaban J connectivity index is 1.79. The van der Waals surface area contributed by atoms with Crippen LogP contribution in [0.4, 0.5) is 13.2 Å². The van der Waals surface area contributed by atoms with Crippen molar-refractivity contribution in [2.45, 2.75) is 43.1 Å². The maximum absolute atomic E-state index is 13.2. The van der Waals surface area contributed by atoms with Crippen LogP contribution in [0, 0.1) is 5.92 Å². The number of nitrogens with zero attached hydrogens (tertiary/aromatic N) is 2. The first kappa shape index (κ1) is 18.8. The van der Waals surface area contributed by atoms with Gasteiger partial charge >= 0.3 is 6.18 Å². The number of carbonyl (C=O) groups excluding carboxylic acids is 1. The summed E-state index contributed by atoms with van der Waals surface area (Å²) >= 11 is 1.47. The Labute approximate surface area is 154 Å². The number of rotatable bonds is 4. The number of nitrogens with one attached hydrogen (secondary N) is 1. The third-order valence-electron chi connectivity index (χ3n) is 4.68. The van der Waals surface area contributed by atoms with Crippen molar-refractivity contribution in [1.82, 2.24) is 14.9 Å². The molecule has 26 heavy (non-hydrogen) atoms. The Hall–Kier alpha value is -1.96. The van der Waals surface area contributed by atoms with Gasteiger partial charge in [0, 0.05) is 29.7 Å². The highest BCUT2D eigenvalue weighted by atomic mass is 32.2.